The summed E-state index contributed by atoms with van der Waals surface area (Å²) >= 11 is 1.84. The summed E-state index contributed by atoms with van der Waals surface area (Å²) in [5, 5.41) is 4.69. The monoisotopic (exact) mass is 748 g/mol. The van der Waals surface area contributed by atoms with E-state index in [1.54, 1.807) is 0 Å². The summed E-state index contributed by atoms with van der Waals surface area (Å²) in [6.45, 7) is 0. The molecule has 5 nitrogen and oxygen atoms in total. The van der Waals surface area contributed by atoms with Crippen LogP contribution >= 0.6 is 11.3 Å². The molecular formula is C51H32N4OS. The van der Waals surface area contributed by atoms with Crippen LogP contribution in [0.15, 0.2) is 199 Å². The maximum absolute atomic E-state index is 6.73. The third-order valence-corrected chi connectivity index (χ3v) is 11.7. The molecule has 3 heterocycles. The van der Waals surface area contributed by atoms with Crippen LogP contribution in [0.1, 0.15) is 0 Å². The van der Waals surface area contributed by atoms with Gasteiger partial charge in [-0.05, 0) is 60.2 Å². The summed E-state index contributed by atoms with van der Waals surface area (Å²) in [4.78, 5) is 17.1. The molecule has 0 saturated carbocycles. The molecule has 11 aromatic rings. The smallest absolute Gasteiger partial charge is 0.164 e. The minimum absolute atomic E-state index is 0.593. The highest BCUT2D eigenvalue weighted by Crippen LogP contribution is 2.42. The molecule has 0 amide bonds. The van der Waals surface area contributed by atoms with Crippen LogP contribution < -0.4 is 4.90 Å². The summed E-state index contributed by atoms with van der Waals surface area (Å²) in [6.07, 6.45) is 0. The number of aromatic nitrogens is 3. The van der Waals surface area contributed by atoms with Gasteiger partial charge in [0.1, 0.15) is 11.2 Å². The molecule has 0 N–H and O–H groups in total. The average molecular weight is 749 g/mol. The first-order chi connectivity index (χ1) is 28.2. The van der Waals surface area contributed by atoms with E-state index in [0.717, 1.165) is 66.8 Å². The van der Waals surface area contributed by atoms with E-state index in [9.17, 15) is 0 Å². The van der Waals surface area contributed by atoms with Gasteiger partial charge >= 0.3 is 0 Å². The minimum Gasteiger partial charge on any atom is -0.455 e. The predicted octanol–water partition coefficient (Wildman–Crippen LogP) is 14.3. The number of furan rings is 1. The summed E-state index contributed by atoms with van der Waals surface area (Å²) in [5.74, 6) is 1.85. The molecule has 0 atom stereocenters. The summed E-state index contributed by atoms with van der Waals surface area (Å²) in [5.41, 5.74) is 9.76. The van der Waals surface area contributed by atoms with Crippen molar-refractivity contribution in [2.24, 2.45) is 0 Å². The fourth-order valence-corrected chi connectivity index (χ4v) is 8.91. The van der Waals surface area contributed by atoms with E-state index in [-0.39, 0.29) is 0 Å². The van der Waals surface area contributed by atoms with E-state index in [4.69, 9.17) is 19.4 Å². The number of nitrogens with zero attached hydrogens (tertiary/aromatic N) is 4. The maximum Gasteiger partial charge on any atom is 0.164 e. The molecule has 0 radical (unpaired) electrons. The van der Waals surface area contributed by atoms with E-state index < -0.39 is 0 Å². The van der Waals surface area contributed by atoms with Crippen LogP contribution in [0.3, 0.4) is 0 Å². The van der Waals surface area contributed by atoms with Crippen molar-refractivity contribution in [2.75, 3.05) is 4.90 Å². The van der Waals surface area contributed by atoms with Gasteiger partial charge in [-0.15, -0.1) is 11.3 Å². The highest BCUT2D eigenvalue weighted by molar-refractivity contribution is 7.25. The van der Waals surface area contributed by atoms with Gasteiger partial charge in [-0.3, -0.25) is 0 Å². The normalized spacial score (nSPS) is 11.5. The lowest BCUT2D eigenvalue weighted by Crippen LogP contribution is -2.09. The highest BCUT2D eigenvalue weighted by Gasteiger charge is 2.18. The molecule has 0 bridgehead atoms. The zero-order valence-electron chi connectivity index (χ0n) is 30.6. The van der Waals surface area contributed by atoms with Crippen LogP contribution in [0.25, 0.3) is 87.4 Å². The Morgan fingerprint density at radius 2 is 0.912 bits per heavy atom. The maximum atomic E-state index is 6.73. The molecule has 0 aliphatic carbocycles. The van der Waals surface area contributed by atoms with Crippen molar-refractivity contribution in [1.82, 2.24) is 15.0 Å². The lowest BCUT2D eigenvalue weighted by molar-refractivity contribution is 0.670. The topological polar surface area (TPSA) is 55.1 Å². The van der Waals surface area contributed by atoms with Gasteiger partial charge in [0.05, 0.1) is 0 Å². The van der Waals surface area contributed by atoms with Crippen molar-refractivity contribution < 1.29 is 4.42 Å². The molecule has 0 aliphatic heterocycles. The summed E-state index contributed by atoms with van der Waals surface area (Å²) < 4.78 is 9.31. The van der Waals surface area contributed by atoms with Crippen LogP contribution in [0.4, 0.5) is 17.1 Å². The molecule has 0 fully saturated rings. The highest BCUT2D eigenvalue weighted by atomic mass is 32.1. The first-order valence-corrected chi connectivity index (χ1v) is 19.7. The Bertz CT molecular complexity index is 3170. The average Bonchev–Trinajstić information content (AvgIpc) is 3.85. The molecular weight excluding hydrogens is 717 g/mol. The van der Waals surface area contributed by atoms with E-state index in [1.807, 2.05) is 78.1 Å². The quantitative estimate of drug-likeness (QED) is 0.162. The molecule has 0 unspecified atom stereocenters. The second kappa shape index (κ2) is 13.7. The van der Waals surface area contributed by atoms with Gasteiger partial charge in [0.2, 0.25) is 0 Å². The third-order valence-electron chi connectivity index (χ3n) is 10.5. The third kappa shape index (κ3) is 5.91. The summed E-state index contributed by atoms with van der Waals surface area (Å²) in [6, 6.07) is 67.5. The van der Waals surface area contributed by atoms with E-state index >= 15 is 0 Å². The van der Waals surface area contributed by atoms with Crippen LogP contribution in [0, 0.1) is 0 Å². The molecule has 0 aliphatic rings. The predicted molar refractivity (Wildman–Crippen MR) is 236 cm³/mol. The minimum atomic E-state index is 0.593. The first kappa shape index (κ1) is 33.0. The second-order valence-electron chi connectivity index (χ2n) is 14.0. The number of anilines is 3. The number of hydrogen-bond donors (Lipinski definition) is 0. The largest absolute Gasteiger partial charge is 0.455 e. The number of benzene rings is 8. The van der Waals surface area contributed by atoms with Gasteiger partial charge in [0.15, 0.2) is 17.5 Å². The Kier molecular flexibility index (Phi) is 7.93. The van der Waals surface area contributed by atoms with Crippen LogP contribution in [-0.2, 0) is 0 Å². The van der Waals surface area contributed by atoms with Crippen LogP contribution in [-0.4, -0.2) is 15.0 Å². The van der Waals surface area contributed by atoms with E-state index in [2.05, 4.69) is 132 Å². The SMILES string of the molecule is c1ccc(-c2nc(-c3ccccc3)nc(-c3ccc4c(c3)oc3c(-c5ccc(N(c6ccccc6)c6ccc7c(c6)sc6ccccc67)cc5)cccc34)n2)cc1. The molecule has 3 aromatic heterocycles. The zero-order chi connectivity index (χ0) is 37.7. The summed E-state index contributed by atoms with van der Waals surface area (Å²) in [7, 11) is 0. The molecule has 11 rings (SSSR count). The van der Waals surface area contributed by atoms with Crippen LogP contribution in [0.5, 0.6) is 0 Å². The van der Waals surface area contributed by atoms with E-state index in [1.165, 1.54) is 20.2 Å². The lowest BCUT2D eigenvalue weighted by atomic mass is 10.0. The van der Waals surface area contributed by atoms with Gasteiger partial charge in [0, 0.05) is 70.3 Å². The van der Waals surface area contributed by atoms with Crippen molar-refractivity contribution in [3.05, 3.63) is 194 Å². The van der Waals surface area contributed by atoms with Crippen molar-refractivity contribution >= 4 is 70.5 Å². The van der Waals surface area contributed by atoms with Gasteiger partial charge in [-0.2, -0.15) is 0 Å². The number of thiophene rings is 1. The Morgan fingerprint density at radius 3 is 1.63 bits per heavy atom. The molecule has 0 spiro atoms. The van der Waals surface area contributed by atoms with Gasteiger partial charge < -0.3 is 9.32 Å². The Balaban J connectivity index is 0.977. The molecule has 8 aromatic carbocycles. The standard InChI is InChI=1S/C51H32N4OS/c1-4-13-34(14-5-1)49-52-50(35-15-6-2-7-16-35)54-51(53-49)36-25-29-41-44-21-12-20-40(48(44)56-45(41)31-36)33-23-26-38(27-24-33)55(37-17-8-3-9-18-37)39-28-30-43-42-19-10-11-22-46(42)57-47(43)32-39/h1-32H. The van der Waals surface area contributed by atoms with Crippen molar-refractivity contribution in [3.63, 3.8) is 0 Å². The van der Waals surface area contributed by atoms with Crippen LogP contribution in [0.2, 0.25) is 0 Å². The second-order valence-corrected chi connectivity index (χ2v) is 15.1. The molecule has 0 saturated heterocycles. The van der Waals surface area contributed by atoms with Crippen molar-refractivity contribution in [2.45, 2.75) is 0 Å². The van der Waals surface area contributed by atoms with Crippen molar-refractivity contribution in [3.8, 4) is 45.3 Å². The number of fused-ring (bicyclic) bond motifs is 6. The Hall–Kier alpha value is -7.41. The fourth-order valence-electron chi connectivity index (χ4n) is 7.77. The van der Waals surface area contributed by atoms with Gasteiger partial charge in [-0.1, -0.05) is 140 Å². The first-order valence-electron chi connectivity index (χ1n) is 18.9. The van der Waals surface area contributed by atoms with Gasteiger partial charge in [-0.25, -0.2) is 15.0 Å². The Labute approximate surface area is 332 Å². The molecule has 6 heteroatoms. The number of para-hydroxylation sites is 2. The fraction of sp³-hybridized carbons (Fsp3) is 0. The van der Waals surface area contributed by atoms with Crippen molar-refractivity contribution in [1.29, 1.82) is 0 Å². The number of rotatable bonds is 7. The number of hydrogen-bond acceptors (Lipinski definition) is 6. The lowest BCUT2D eigenvalue weighted by Gasteiger charge is -2.25. The van der Waals surface area contributed by atoms with Gasteiger partial charge in [0.25, 0.3) is 0 Å². The molecule has 268 valence electrons. The Morgan fingerprint density at radius 1 is 0.368 bits per heavy atom. The zero-order valence-corrected chi connectivity index (χ0v) is 31.4. The molecule has 57 heavy (non-hydrogen) atoms. The van der Waals surface area contributed by atoms with E-state index in [0.29, 0.717) is 17.5 Å².